The maximum absolute atomic E-state index is 5.90. The summed E-state index contributed by atoms with van der Waals surface area (Å²) in [6.07, 6.45) is 6.19. The maximum Gasteiger partial charge on any atom is 0.145 e. The Kier molecular flexibility index (Phi) is 4.28. The number of hydrogen-bond donors (Lipinski definition) is 1. The normalized spacial score (nSPS) is 15.5. The van der Waals surface area contributed by atoms with Gasteiger partial charge in [0.2, 0.25) is 0 Å². The van der Waals surface area contributed by atoms with Crippen molar-refractivity contribution >= 4 is 16.6 Å². The van der Waals surface area contributed by atoms with Crippen molar-refractivity contribution in [1.29, 1.82) is 0 Å². The Morgan fingerprint density at radius 2 is 2.10 bits per heavy atom. The molecular weight excluding hydrogens is 260 g/mol. The van der Waals surface area contributed by atoms with E-state index in [9.17, 15) is 0 Å². The molecule has 1 N–H and O–H groups in total. The lowest BCUT2D eigenvalue weighted by Gasteiger charge is -2.15. The van der Waals surface area contributed by atoms with Crippen LogP contribution >= 0.6 is 0 Å². The summed E-state index contributed by atoms with van der Waals surface area (Å²) in [5, 5.41) is 4.47. The fourth-order valence-electron chi connectivity index (χ4n) is 3.21. The summed E-state index contributed by atoms with van der Waals surface area (Å²) in [4.78, 5) is 4.95. The van der Waals surface area contributed by atoms with Crippen molar-refractivity contribution in [3.8, 4) is 5.75 Å². The van der Waals surface area contributed by atoms with E-state index in [-0.39, 0.29) is 0 Å². The first-order chi connectivity index (χ1) is 10.3. The van der Waals surface area contributed by atoms with Gasteiger partial charge in [-0.1, -0.05) is 31.9 Å². The van der Waals surface area contributed by atoms with E-state index in [0.717, 1.165) is 35.4 Å². The van der Waals surface area contributed by atoms with Crippen LogP contribution in [-0.4, -0.2) is 18.6 Å². The number of aromatic nitrogens is 1. The number of nitrogens with zero attached hydrogens (tertiary/aromatic N) is 1. The van der Waals surface area contributed by atoms with Crippen LogP contribution < -0.4 is 10.1 Å². The maximum atomic E-state index is 5.90. The topological polar surface area (TPSA) is 34.1 Å². The second kappa shape index (κ2) is 6.33. The molecule has 0 spiro atoms. The third kappa shape index (κ3) is 2.82. The summed E-state index contributed by atoms with van der Waals surface area (Å²) in [6, 6.07) is 8.42. The number of fused-ring (bicyclic) bond motifs is 1. The van der Waals surface area contributed by atoms with Crippen LogP contribution in [0.2, 0.25) is 0 Å². The Hall–Kier alpha value is -1.77. The molecule has 0 bridgehead atoms. The van der Waals surface area contributed by atoms with Gasteiger partial charge in [0.15, 0.2) is 0 Å². The summed E-state index contributed by atoms with van der Waals surface area (Å²) < 4.78 is 5.90. The number of para-hydroxylation sites is 1. The van der Waals surface area contributed by atoms with Crippen LogP contribution in [0.5, 0.6) is 5.75 Å². The zero-order valence-corrected chi connectivity index (χ0v) is 13.0. The van der Waals surface area contributed by atoms with E-state index >= 15 is 0 Å². The molecule has 0 atom stereocenters. The van der Waals surface area contributed by atoms with Crippen LogP contribution in [0.3, 0.4) is 0 Å². The highest BCUT2D eigenvalue weighted by Gasteiger charge is 2.20. The largest absolute Gasteiger partial charge is 0.491 e. The van der Waals surface area contributed by atoms with Gasteiger partial charge in [-0.05, 0) is 31.4 Å². The van der Waals surface area contributed by atoms with Gasteiger partial charge in [-0.3, -0.25) is 0 Å². The molecule has 1 aliphatic rings. The smallest absolute Gasteiger partial charge is 0.145 e. The monoisotopic (exact) mass is 284 g/mol. The van der Waals surface area contributed by atoms with E-state index in [0.29, 0.717) is 5.92 Å². The van der Waals surface area contributed by atoms with E-state index in [2.05, 4.69) is 24.4 Å². The van der Waals surface area contributed by atoms with Crippen molar-refractivity contribution in [1.82, 2.24) is 4.98 Å². The molecule has 0 saturated heterocycles. The van der Waals surface area contributed by atoms with Crippen LogP contribution in [0.1, 0.15) is 50.6 Å². The molecule has 0 aliphatic heterocycles. The highest BCUT2D eigenvalue weighted by atomic mass is 16.5. The van der Waals surface area contributed by atoms with Crippen LogP contribution in [0.4, 0.5) is 5.69 Å². The minimum absolute atomic E-state index is 0.612. The van der Waals surface area contributed by atoms with Crippen molar-refractivity contribution in [3.05, 3.63) is 30.0 Å². The summed E-state index contributed by atoms with van der Waals surface area (Å²) in [5.41, 5.74) is 3.38. The van der Waals surface area contributed by atoms with Gasteiger partial charge in [0, 0.05) is 29.7 Å². The van der Waals surface area contributed by atoms with Crippen molar-refractivity contribution in [2.24, 2.45) is 0 Å². The Morgan fingerprint density at radius 1 is 1.29 bits per heavy atom. The average Bonchev–Trinajstić information content (AvgIpc) is 3.06. The second-order valence-electron chi connectivity index (χ2n) is 5.83. The molecule has 3 rings (SSSR count). The summed E-state index contributed by atoms with van der Waals surface area (Å²) in [5.74, 6) is 1.52. The van der Waals surface area contributed by atoms with Crippen molar-refractivity contribution < 1.29 is 4.74 Å². The number of ether oxygens (including phenoxy) is 1. The van der Waals surface area contributed by atoms with Gasteiger partial charge in [0.25, 0.3) is 0 Å². The van der Waals surface area contributed by atoms with Crippen LogP contribution in [0.25, 0.3) is 10.9 Å². The predicted molar refractivity (Wildman–Crippen MR) is 88.3 cm³/mol. The standard InChI is InChI=1S/C18H24N2O/c1-3-11-21-17-10-6-9-14-16(19-2)12-15(20-18(14)17)13-7-4-5-8-13/h6,9-10,12-13H,3-5,7-8,11H2,1-2H3,(H,19,20). The fourth-order valence-corrected chi connectivity index (χ4v) is 3.21. The molecule has 21 heavy (non-hydrogen) atoms. The number of hydrogen-bond acceptors (Lipinski definition) is 3. The van der Waals surface area contributed by atoms with Crippen molar-refractivity contribution in [2.45, 2.75) is 44.9 Å². The third-order valence-electron chi connectivity index (χ3n) is 4.33. The molecule has 1 saturated carbocycles. The summed E-state index contributed by atoms with van der Waals surface area (Å²) in [7, 11) is 1.98. The summed E-state index contributed by atoms with van der Waals surface area (Å²) in [6.45, 7) is 2.87. The molecule has 0 radical (unpaired) electrons. The van der Waals surface area contributed by atoms with Crippen molar-refractivity contribution in [3.63, 3.8) is 0 Å². The highest BCUT2D eigenvalue weighted by Crippen LogP contribution is 2.37. The molecule has 1 aromatic carbocycles. The zero-order valence-electron chi connectivity index (χ0n) is 13.0. The molecular formula is C18H24N2O. The van der Waals surface area contributed by atoms with Gasteiger partial charge in [0.1, 0.15) is 11.3 Å². The molecule has 3 heteroatoms. The number of nitrogens with one attached hydrogen (secondary N) is 1. The quantitative estimate of drug-likeness (QED) is 0.862. The fraction of sp³-hybridized carbons (Fsp3) is 0.500. The van der Waals surface area contributed by atoms with Crippen molar-refractivity contribution in [2.75, 3.05) is 19.0 Å². The third-order valence-corrected chi connectivity index (χ3v) is 4.33. The molecule has 2 aromatic rings. The van der Waals surface area contributed by atoms with E-state index < -0.39 is 0 Å². The highest BCUT2D eigenvalue weighted by molar-refractivity contribution is 5.95. The van der Waals surface area contributed by atoms with E-state index in [4.69, 9.17) is 9.72 Å². The molecule has 0 amide bonds. The summed E-state index contributed by atoms with van der Waals surface area (Å²) >= 11 is 0. The van der Waals surface area contributed by atoms with Gasteiger partial charge in [-0.25, -0.2) is 4.98 Å². The lowest BCUT2D eigenvalue weighted by molar-refractivity contribution is 0.320. The number of pyridine rings is 1. The molecule has 112 valence electrons. The van der Waals surface area contributed by atoms with Gasteiger partial charge >= 0.3 is 0 Å². The molecule has 0 unspecified atom stereocenters. The minimum atomic E-state index is 0.612. The van der Waals surface area contributed by atoms with Crippen LogP contribution in [-0.2, 0) is 0 Å². The predicted octanol–water partition coefficient (Wildman–Crippen LogP) is 4.72. The lowest BCUT2D eigenvalue weighted by Crippen LogP contribution is -2.02. The van der Waals surface area contributed by atoms with Crippen LogP contribution in [0, 0.1) is 0 Å². The van der Waals surface area contributed by atoms with Gasteiger partial charge in [0.05, 0.1) is 6.61 Å². The first-order valence-electron chi connectivity index (χ1n) is 8.07. The first kappa shape index (κ1) is 14.2. The Morgan fingerprint density at radius 3 is 2.81 bits per heavy atom. The molecule has 1 aliphatic carbocycles. The minimum Gasteiger partial charge on any atom is -0.491 e. The first-order valence-corrected chi connectivity index (χ1v) is 8.07. The molecule has 1 heterocycles. The Bertz CT molecular complexity index is 618. The van der Waals surface area contributed by atoms with Gasteiger partial charge in [-0.15, -0.1) is 0 Å². The van der Waals surface area contributed by atoms with Gasteiger partial charge < -0.3 is 10.1 Å². The van der Waals surface area contributed by atoms with E-state index in [1.165, 1.54) is 31.4 Å². The zero-order chi connectivity index (χ0) is 14.7. The lowest BCUT2D eigenvalue weighted by atomic mass is 10.0. The van der Waals surface area contributed by atoms with Crippen LogP contribution in [0.15, 0.2) is 24.3 Å². The molecule has 1 aromatic heterocycles. The molecule has 1 fully saturated rings. The van der Waals surface area contributed by atoms with E-state index in [1.54, 1.807) is 0 Å². The number of rotatable bonds is 5. The SMILES string of the molecule is CCCOc1cccc2c(NC)cc(C3CCCC3)nc12. The average molecular weight is 284 g/mol. The number of benzene rings is 1. The Balaban J connectivity index is 2.09. The Labute approximate surface area is 126 Å². The van der Waals surface area contributed by atoms with Gasteiger partial charge in [-0.2, -0.15) is 0 Å². The second-order valence-corrected chi connectivity index (χ2v) is 5.83. The number of anilines is 1. The van der Waals surface area contributed by atoms with E-state index in [1.807, 2.05) is 19.2 Å². The molecule has 3 nitrogen and oxygen atoms in total.